The molecule has 0 saturated carbocycles. The van der Waals surface area contributed by atoms with E-state index in [1.165, 1.54) is 6.07 Å². The van der Waals surface area contributed by atoms with E-state index in [0.29, 0.717) is 11.4 Å². The molecule has 1 atom stereocenters. The predicted octanol–water partition coefficient (Wildman–Crippen LogP) is 2.52. The SMILES string of the molecule is CCSCC(C)Nc1cccc(C(=O)O)c1N. The third-order valence-electron chi connectivity index (χ3n) is 2.31. The molecule has 0 bridgehead atoms. The van der Waals surface area contributed by atoms with Gasteiger partial charge in [0.15, 0.2) is 0 Å². The van der Waals surface area contributed by atoms with Gasteiger partial charge >= 0.3 is 5.97 Å². The summed E-state index contributed by atoms with van der Waals surface area (Å²) in [6, 6.07) is 5.26. The number of carboxylic acid groups (broad SMARTS) is 1. The van der Waals surface area contributed by atoms with Crippen LogP contribution >= 0.6 is 11.8 Å². The summed E-state index contributed by atoms with van der Waals surface area (Å²) in [7, 11) is 0. The highest BCUT2D eigenvalue weighted by Gasteiger charge is 2.12. The largest absolute Gasteiger partial charge is 0.478 e. The molecular formula is C12H18N2O2S. The Morgan fingerprint density at radius 3 is 2.88 bits per heavy atom. The van der Waals surface area contributed by atoms with Crippen LogP contribution in [0.15, 0.2) is 18.2 Å². The van der Waals surface area contributed by atoms with E-state index in [0.717, 1.165) is 11.5 Å². The highest BCUT2D eigenvalue weighted by molar-refractivity contribution is 7.99. The Labute approximate surface area is 106 Å². The Morgan fingerprint density at radius 2 is 2.29 bits per heavy atom. The van der Waals surface area contributed by atoms with Crippen molar-refractivity contribution >= 4 is 29.1 Å². The number of anilines is 2. The normalized spacial score (nSPS) is 12.1. The second kappa shape index (κ2) is 6.39. The molecule has 1 aromatic rings. The molecule has 1 aromatic carbocycles. The molecule has 0 amide bonds. The summed E-state index contributed by atoms with van der Waals surface area (Å²) in [4.78, 5) is 10.9. The number of nitrogens with one attached hydrogen (secondary N) is 1. The number of nitrogens with two attached hydrogens (primary N) is 1. The van der Waals surface area contributed by atoms with Gasteiger partial charge in [0.25, 0.3) is 0 Å². The van der Waals surface area contributed by atoms with Crippen molar-refractivity contribution in [1.29, 1.82) is 0 Å². The summed E-state index contributed by atoms with van der Waals surface area (Å²) in [6.07, 6.45) is 0. The van der Waals surface area contributed by atoms with E-state index in [1.807, 2.05) is 11.8 Å². The maximum absolute atomic E-state index is 10.9. The van der Waals surface area contributed by atoms with Gasteiger partial charge < -0.3 is 16.2 Å². The molecule has 5 heteroatoms. The van der Waals surface area contributed by atoms with Crippen LogP contribution in [0.4, 0.5) is 11.4 Å². The number of para-hydroxylation sites is 1. The van der Waals surface area contributed by atoms with Crippen LogP contribution in [0.25, 0.3) is 0 Å². The maximum Gasteiger partial charge on any atom is 0.337 e. The first-order valence-corrected chi connectivity index (χ1v) is 6.67. The Balaban J connectivity index is 2.77. The fraction of sp³-hybridized carbons (Fsp3) is 0.417. The van der Waals surface area contributed by atoms with Crippen molar-refractivity contribution in [3.8, 4) is 0 Å². The minimum Gasteiger partial charge on any atom is -0.478 e. The fourth-order valence-electron chi connectivity index (χ4n) is 1.48. The monoisotopic (exact) mass is 254 g/mol. The van der Waals surface area contributed by atoms with Crippen LogP contribution in [0.5, 0.6) is 0 Å². The van der Waals surface area contributed by atoms with Gasteiger partial charge in [-0.2, -0.15) is 11.8 Å². The predicted molar refractivity (Wildman–Crippen MR) is 73.9 cm³/mol. The van der Waals surface area contributed by atoms with Gasteiger partial charge in [-0.3, -0.25) is 0 Å². The average Bonchev–Trinajstić information content (AvgIpc) is 2.28. The molecule has 1 unspecified atom stereocenters. The smallest absolute Gasteiger partial charge is 0.337 e. The standard InChI is InChI=1S/C12H18N2O2S/c1-3-17-7-8(2)14-10-6-4-5-9(11(10)13)12(15)16/h4-6,8,14H,3,7,13H2,1-2H3,(H,15,16). The van der Waals surface area contributed by atoms with Crippen molar-refractivity contribution < 1.29 is 9.90 Å². The van der Waals surface area contributed by atoms with Gasteiger partial charge in [0.2, 0.25) is 0 Å². The van der Waals surface area contributed by atoms with Gasteiger partial charge in [0, 0.05) is 11.8 Å². The summed E-state index contributed by atoms with van der Waals surface area (Å²) in [5.74, 6) is 1.03. The molecule has 0 spiro atoms. The molecule has 0 aromatic heterocycles. The molecule has 17 heavy (non-hydrogen) atoms. The molecule has 0 aliphatic heterocycles. The van der Waals surface area contributed by atoms with E-state index in [-0.39, 0.29) is 11.6 Å². The molecule has 4 nitrogen and oxygen atoms in total. The van der Waals surface area contributed by atoms with Crippen LogP contribution in [0.3, 0.4) is 0 Å². The van der Waals surface area contributed by atoms with Gasteiger partial charge in [0.1, 0.15) is 0 Å². The molecule has 0 aliphatic rings. The van der Waals surface area contributed by atoms with E-state index in [9.17, 15) is 4.79 Å². The molecule has 0 saturated heterocycles. The van der Waals surface area contributed by atoms with Crippen LogP contribution in [0, 0.1) is 0 Å². The van der Waals surface area contributed by atoms with E-state index in [1.54, 1.807) is 12.1 Å². The van der Waals surface area contributed by atoms with Crippen molar-refractivity contribution in [1.82, 2.24) is 0 Å². The van der Waals surface area contributed by atoms with Crippen molar-refractivity contribution in [2.45, 2.75) is 19.9 Å². The Kier molecular flexibility index (Phi) is 5.15. The first-order chi connectivity index (χ1) is 8.06. The Bertz CT molecular complexity index is 396. The second-order valence-corrected chi connectivity index (χ2v) is 5.10. The molecule has 1 rings (SSSR count). The molecule has 4 N–H and O–H groups in total. The average molecular weight is 254 g/mol. The zero-order chi connectivity index (χ0) is 12.8. The molecular weight excluding hydrogens is 236 g/mol. The number of rotatable bonds is 6. The second-order valence-electron chi connectivity index (χ2n) is 3.78. The lowest BCUT2D eigenvalue weighted by molar-refractivity contribution is 0.0698. The summed E-state index contributed by atoms with van der Waals surface area (Å²) in [6.45, 7) is 4.16. The zero-order valence-corrected chi connectivity index (χ0v) is 10.9. The van der Waals surface area contributed by atoms with E-state index < -0.39 is 5.97 Å². The lowest BCUT2D eigenvalue weighted by Crippen LogP contribution is -2.19. The number of nitrogen functional groups attached to an aromatic ring is 1. The molecule has 0 aliphatic carbocycles. The minimum atomic E-state index is -0.998. The summed E-state index contributed by atoms with van der Waals surface area (Å²) in [5.41, 5.74) is 6.94. The van der Waals surface area contributed by atoms with Crippen LogP contribution in [-0.4, -0.2) is 28.6 Å². The van der Waals surface area contributed by atoms with Gasteiger partial charge in [-0.05, 0) is 24.8 Å². The van der Waals surface area contributed by atoms with Gasteiger partial charge in [-0.1, -0.05) is 13.0 Å². The lowest BCUT2D eigenvalue weighted by atomic mass is 10.1. The number of carboxylic acids is 1. The number of hydrogen-bond acceptors (Lipinski definition) is 4. The molecule has 0 heterocycles. The van der Waals surface area contributed by atoms with Crippen LogP contribution in [0.2, 0.25) is 0 Å². The van der Waals surface area contributed by atoms with Crippen LogP contribution in [-0.2, 0) is 0 Å². The number of aromatic carboxylic acids is 1. The van der Waals surface area contributed by atoms with Crippen LogP contribution < -0.4 is 11.1 Å². The van der Waals surface area contributed by atoms with Crippen molar-refractivity contribution in [2.24, 2.45) is 0 Å². The maximum atomic E-state index is 10.9. The number of hydrogen-bond donors (Lipinski definition) is 3. The topological polar surface area (TPSA) is 75.3 Å². The summed E-state index contributed by atoms with van der Waals surface area (Å²) in [5, 5.41) is 12.2. The van der Waals surface area contributed by atoms with Crippen LogP contribution in [0.1, 0.15) is 24.2 Å². The third-order valence-corrected chi connectivity index (χ3v) is 3.45. The van der Waals surface area contributed by atoms with E-state index >= 15 is 0 Å². The fourth-order valence-corrected chi connectivity index (χ4v) is 2.15. The van der Waals surface area contributed by atoms with E-state index in [2.05, 4.69) is 19.2 Å². The van der Waals surface area contributed by atoms with E-state index in [4.69, 9.17) is 10.8 Å². The van der Waals surface area contributed by atoms with Gasteiger partial charge in [0.05, 0.1) is 16.9 Å². The number of benzene rings is 1. The summed E-state index contributed by atoms with van der Waals surface area (Å²) < 4.78 is 0. The zero-order valence-electron chi connectivity index (χ0n) is 10.1. The Morgan fingerprint density at radius 1 is 1.59 bits per heavy atom. The molecule has 0 radical (unpaired) electrons. The third kappa shape index (κ3) is 3.85. The van der Waals surface area contributed by atoms with Gasteiger partial charge in [-0.25, -0.2) is 4.79 Å². The van der Waals surface area contributed by atoms with Crippen molar-refractivity contribution in [3.63, 3.8) is 0 Å². The highest BCUT2D eigenvalue weighted by atomic mass is 32.2. The number of thioether (sulfide) groups is 1. The quantitative estimate of drug-likeness (QED) is 0.680. The molecule has 94 valence electrons. The van der Waals surface area contributed by atoms with Gasteiger partial charge in [-0.15, -0.1) is 0 Å². The Hall–Kier alpha value is -1.36. The van der Waals surface area contributed by atoms with Crippen molar-refractivity contribution in [3.05, 3.63) is 23.8 Å². The summed E-state index contributed by atoms with van der Waals surface area (Å²) >= 11 is 1.83. The highest BCUT2D eigenvalue weighted by Crippen LogP contribution is 2.23. The molecule has 0 fully saturated rings. The number of carbonyl (C=O) groups is 1. The minimum absolute atomic E-state index is 0.144. The first kappa shape index (κ1) is 13.7. The lowest BCUT2D eigenvalue weighted by Gasteiger charge is -2.17. The first-order valence-electron chi connectivity index (χ1n) is 5.52. The van der Waals surface area contributed by atoms with Crippen molar-refractivity contribution in [2.75, 3.05) is 22.6 Å².